The van der Waals surface area contributed by atoms with Gasteiger partial charge in [-0.05, 0) is 31.2 Å². The molecule has 1 amide bonds. The van der Waals surface area contributed by atoms with Crippen LogP contribution >= 0.6 is 0 Å². The highest BCUT2D eigenvalue weighted by atomic mass is 32.2. The van der Waals surface area contributed by atoms with E-state index in [1.165, 1.54) is 50.2 Å². The topological polar surface area (TPSA) is 117 Å². The first-order valence-electron chi connectivity index (χ1n) is 6.58. The number of ether oxygens (including phenoxy) is 1. The van der Waals surface area contributed by atoms with Crippen molar-refractivity contribution in [1.82, 2.24) is 9.62 Å². The van der Waals surface area contributed by atoms with Crippen LogP contribution in [0.3, 0.4) is 0 Å². The molecule has 0 saturated carbocycles. The number of benzene rings is 1. The van der Waals surface area contributed by atoms with Gasteiger partial charge in [-0.25, -0.2) is 8.42 Å². The van der Waals surface area contributed by atoms with Gasteiger partial charge in [-0.3, -0.25) is 9.59 Å². The van der Waals surface area contributed by atoms with Crippen molar-refractivity contribution in [3.63, 3.8) is 0 Å². The lowest BCUT2D eigenvalue weighted by atomic mass is 10.2. The zero-order valence-corrected chi connectivity index (χ0v) is 13.8. The van der Waals surface area contributed by atoms with Crippen molar-refractivity contribution in [2.75, 3.05) is 20.6 Å². The van der Waals surface area contributed by atoms with Gasteiger partial charge in [0.25, 0.3) is 5.91 Å². The number of likely N-dealkylation sites (N-methyl/N-ethyl adjacent to an activating group) is 1. The summed E-state index contributed by atoms with van der Waals surface area (Å²) in [5, 5.41) is 8.67. The molecule has 0 saturated heterocycles. The van der Waals surface area contributed by atoms with E-state index >= 15 is 0 Å². The molecule has 0 bridgehead atoms. The van der Waals surface area contributed by atoms with E-state index in [4.69, 9.17) is 10.00 Å². The SMILES string of the molecule is C[C@@H](OC(=O)CNS(=O)(=O)c1ccc(C#N)cc1)C(=O)N(C)C. The summed E-state index contributed by atoms with van der Waals surface area (Å²) in [5.74, 6) is -1.28. The molecule has 1 aromatic carbocycles. The van der Waals surface area contributed by atoms with Gasteiger partial charge < -0.3 is 9.64 Å². The summed E-state index contributed by atoms with van der Waals surface area (Å²) < 4.78 is 30.9. The van der Waals surface area contributed by atoms with Gasteiger partial charge in [0.1, 0.15) is 6.54 Å². The Kier molecular flexibility index (Phi) is 6.24. The molecule has 8 nitrogen and oxygen atoms in total. The highest BCUT2D eigenvalue weighted by molar-refractivity contribution is 7.89. The van der Waals surface area contributed by atoms with Crippen LogP contribution in [0.4, 0.5) is 0 Å². The lowest BCUT2D eigenvalue weighted by Gasteiger charge is -2.17. The van der Waals surface area contributed by atoms with Crippen LogP contribution in [-0.2, 0) is 24.3 Å². The minimum Gasteiger partial charge on any atom is -0.452 e. The Hall–Kier alpha value is -2.44. The van der Waals surface area contributed by atoms with Gasteiger partial charge in [0.2, 0.25) is 10.0 Å². The van der Waals surface area contributed by atoms with Gasteiger partial charge in [-0.2, -0.15) is 9.98 Å². The second-order valence-corrected chi connectivity index (χ2v) is 6.59. The number of carbonyl (C=O) groups is 2. The fraction of sp³-hybridized carbons (Fsp3) is 0.357. The first-order chi connectivity index (χ1) is 10.7. The highest BCUT2D eigenvalue weighted by Gasteiger charge is 2.21. The number of rotatable bonds is 6. The van der Waals surface area contributed by atoms with Gasteiger partial charge in [0.15, 0.2) is 6.10 Å². The summed E-state index contributed by atoms with van der Waals surface area (Å²) in [6, 6.07) is 7.08. The molecular formula is C14H17N3O5S. The van der Waals surface area contributed by atoms with Crippen LogP contribution in [0.25, 0.3) is 0 Å². The van der Waals surface area contributed by atoms with Crippen molar-refractivity contribution in [2.24, 2.45) is 0 Å². The number of carbonyl (C=O) groups excluding carboxylic acids is 2. The van der Waals surface area contributed by atoms with E-state index in [1.54, 1.807) is 0 Å². The Balaban J connectivity index is 2.63. The maximum absolute atomic E-state index is 12.0. The minimum atomic E-state index is -3.91. The minimum absolute atomic E-state index is 0.0817. The molecule has 9 heteroatoms. The molecule has 1 N–H and O–H groups in total. The first-order valence-corrected chi connectivity index (χ1v) is 8.06. The number of esters is 1. The zero-order valence-electron chi connectivity index (χ0n) is 12.9. The van der Waals surface area contributed by atoms with E-state index in [-0.39, 0.29) is 4.90 Å². The van der Waals surface area contributed by atoms with Gasteiger partial charge in [0.05, 0.1) is 16.5 Å². The average molecular weight is 339 g/mol. The monoisotopic (exact) mass is 339 g/mol. The molecule has 0 aliphatic rings. The maximum atomic E-state index is 12.0. The largest absolute Gasteiger partial charge is 0.452 e. The predicted molar refractivity (Wildman–Crippen MR) is 80.6 cm³/mol. The van der Waals surface area contributed by atoms with E-state index in [0.29, 0.717) is 5.56 Å². The van der Waals surface area contributed by atoms with Crippen LogP contribution in [0.5, 0.6) is 0 Å². The van der Waals surface area contributed by atoms with E-state index in [2.05, 4.69) is 4.72 Å². The lowest BCUT2D eigenvalue weighted by molar-refractivity contribution is -0.156. The Morgan fingerprint density at radius 3 is 2.35 bits per heavy atom. The first kappa shape index (κ1) is 18.6. The Labute approximate surface area is 134 Å². The molecular weight excluding hydrogens is 322 g/mol. The number of nitrogens with one attached hydrogen (secondary N) is 1. The van der Waals surface area contributed by atoms with Crippen LogP contribution in [0.2, 0.25) is 0 Å². The summed E-state index contributed by atoms with van der Waals surface area (Å²) in [6.45, 7) is 0.794. The maximum Gasteiger partial charge on any atom is 0.321 e. The summed E-state index contributed by atoms with van der Waals surface area (Å²) in [4.78, 5) is 24.3. The molecule has 124 valence electrons. The van der Waals surface area contributed by atoms with Gasteiger partial charge in [-0.1, -0.05) is 0 Å². The molecule has 1 aromatic rings. The van der Waals surface area contributed by atoms with Crippen molar-refractivity contribution in [3.05, 3.63) is 29.8 Å². The molecule has 0 fully saturated rings. The summed E-state index contributed by atoms with van der Waals surface area (Å²) >= 11 is 0. The fourth-order valence-electron chi connectivity index (χ4n) is 1.60. The number of hydrogen-bond acceptors (Lipinski definition) is 6. The number of hydrogen-bond donors (Lipinski definition) is 1. The number of sulfonamides is 1. The van der Waals surface area contributed by atoms with Crippen molar-refractivity contribution >= 4 is 21.9 Å². The van der Waals surface area contributed by atoms with Gasteiger partial charge in [-0.15, -0.1) is 0 Å². The van der Waals surface area contributed by atoms with E-state index < -0.39 is 34.5 Å². The average Bonchev–Trinajstić information content (AvgIpc) is 2.52. The standard InChI is InChI=1S/C14H17N3O5S/c1-10(14(19)17(2)3)22-13(18)9-16-23(20,21)12-6-4-11(8-15)5-7-12/h4-7,10,16H,9H2,1-3H3/t10-/m1/s1. The van der Waals surface area contributed by atoms with Gasteiger partial charge in [0, 0.05) is 14.1 Å². The Morgan fingerprint density at radius 2 is 1.87 bits per heavy atom. The van der Waals surface area contributed by atoms with Crippen LogP contribution in [0, 0.1) is 11.3 Å². The van der Waals surface area contributed by atoms with E-state index in [9.17, 15) is 18.0 Å². The highest BCUT2D eigenvalue weighted by Crippen LogP contribution is 2.09. The molecule has 0 unspecified atom stereocenters. The van der Waals surface area contributed by atoms with Crippen LogP contribution in [0.15, 0.2) is 29.2 Å². The zero-order chi connectivity index (χ0) is 17.6. The smallest absolute Gasteiger partial charge is 0.321 e. The van der Waals surface area contributed by atoms with Crippen molar-refractivity contribution < 1.29 is 22.7 Å². The third kappa shape index (κ3) is 5.36. The number of amides is 1. The van der Waals surface area contributed by atoms with E-state index in [1.807, 2.05) is 6.07 Å². The van der Waals surface area contributed by atoms with Crippen LogP contribution in [-0.4, -0.2) is 51.9 Å². The van der Waals surface area contributed by atoms with Crippen molar-refractivity contribution in [1.29, 1.82) is 5.26 Å². The molecule has 23 heavy (non-hydrogen) atoms. The van der Waals surface area contributed by atoms with E-state index in [0.717, 1.165) is 0 Å². The molecule has 0 aliphatic carbocycles. The van der Waals surface area contributed by atoms with Crippen molar-refractivity contribution in [2.45, 2.75) is 17.9 Å². The Bertz CT molecular complexity index is 720. The third-order valence-electron chi connectivity index (χ3n) is 2.80. The third-order valence-corrected chi connectivity index (χ3v) is 4.21. The van der Waals surface area contributed by atoms with Crippen LogP contribution < -0.4 is 4.72 Å². The number of nitrogens with zero attached hydrogens (tertiary/aromatic N) is 2. The quantitative estimate of drug-likeness (QED) is 0.721. The molecule has 0 aliphatic heterocycles. The Morgan fingerprint density at radius 1 is 1.30 bits per heavy atom. The normalized spacial score (nSPS) is 12.1. The molecule has 0 radical (unpaired) electrons. The second-order valence-electron chi connectivity index (χ2n) is 4.83. The summed E-state index contributed by atoms with van der Waals surface area (Å²) in [7, 11) is -0.880. The summed E-state index contributed by atoms with van der Waals surface area (Å²) in [5.41, 5.74) is 0.319. The second kappa shape index (κ2) is 7.71. The number of nitriles is 1. The van der Waals surface area contributed by atoms with Crippen molar-refractivity contribution in [3.8, 4) is 6.07 Å². The lowest BCUT2D eigenvalue weighted by Crippen LogP contribution is -2.38. The molecule has 1 rings (SSSR count). The predicted octanol–water partition coefficient (Wildman–Crippen LogP) is -0.144. The molecule has 0 aromatic heterocycles. The molecule has 1 atom stereocenters. The van der Waals surface area contributed by atoms with Crippen LogP contribution in [0.1, 0.15) is 12.5 Å². The van der Waals surface area contributed by atoms with Gasteiger partial charge >= 0.3 is 5.97 Å². The summed E-state index contributed by atoms with van der Waals surface area (Å²) in [6.07, 6.45) is -1.00. The molecule has 0 spiro atoms. The molecule has 0 heterocycles. The fourth-order valence-corrected chi connectivity index (χ4v) is 2.57.